The molecule has 0 aliphatic carbocycles. The molecule has 0 aromatic carbocycles. The Kier molecular flexibility index (Phi) is 1.21. The van der Waals surface area contributed by atoms with Gasteiger partial charge in [0.05, 0.1) is 11.8 Å². The van der Waals surface area contributed by atoms with Crippen LogP contribution in [0.1, 0.15) is 0 Å². The Hall–Kier alpha value is -1.65. The van der Waals surface area contributed by atoms with E-state index in [0.29, 0.717) is 5.82 Å². The van der Waals surface area contributed by atoms with E-state index in [9.17, 15) is 0 Å². The van der Waals surface area contributed by atoms with Crippen molar-refractivity contribution in [2.24, 2.45) is 7.05 Å². The number of nitrogens with zero attached hydrogens (tertiary/aromatic N) is 4. The van der Waals surface area contributed by atoms with E-state index in [1.807, 2.05) is 6.07 Å². The van der Waals surface area contributed by atoms with Crippen molar-refractivity contribution in [1.82, 2.24) is 20.2 Å². The lowest BCUT2D eigenvalue weighted by Crippen LogP contribution is -1.92. The van der Waals surface area contributed by atoms with Gasteiger partial charge in [-0.2, -0.15) is 0 Å². The molecule has 5 heteroatoms. The van der Waals surface area contributed by atoms with Gasteiger partial charge in [0.2, 0.25) is 0 Å². The minimum absolute atomic E-state index is 0.707. The standard InChI is InChI=1S/C6H6N4O/c1-10-6(7-8-9-10)5-2-3-11-4-5/h2-4H,1H3. The van der Waals surface area contributed by atoms with Crippen molar-refractivity contribution in [3.8, 4) is 11.4 Å². The molecule has 56 valence electrons. The first kappa shape index (κ1) is 6.09. The van der Waals surface area contributed by atoms with Crippen molar-refractivity contribution in [3.05, 3.63) is 18.6 Å². The number of hydrogen-bond acceptors (Lipinski definition) is 4. The van der Waals surface area contributed by atoms with Crippen LogP contribution in [0.25, 0.3) is 11.4 Å². The van der Waals surface area contributed by atoms with Crippen LogP contribution in [0.5, 0.6) is 0 Å². The Morgan fingerprint density at radius 3 is 3.00 bits per heavy atom. The number of furan rings is 1. The summed E-state index contributed by atoms with van der Waals surface area (Å²) >= 11 is 0. The first-order chi connectivity index (χ1) is 5.38. The number of aromatic nitrogens is 4. The van der Waals surface area contributed by atoms with Crippen molar-refractivity contribution in [2.75, 3.05) is 0 Å². The maximum absolute atomic E-state index is 4.88. The van der Waals surface area contributed by atoms with E-state index >= 15 is 0 Å². The second-order valence-corrected chi connectivity index (χ2v) is 2.14. The Morgan fingerprint density at radius 1 is 1.55 bits per heavy atom. The molecule has 2 rings (SSSR count). The van der Waals surface area contributed by atoms with Crippen LogP contribution < -0.4 is 0 Å². The molecule has 0 spiro atoms. The van der Waals surface area contributed by atoms with Crippen LogP contribution in [0.15, 0.2) is 23.0 Å². The van der Waals surface area contributed by atoms with E-state index in [1.54, 1.807) is 24.3 Å². The zero-order chi connectivity index (χ0) is 7.68. The Bertz CT molecular complexity index is 337. The molecule has 2 heterocycles. The maximum Gasteiger partial charge on any atom is 0.184 e. The van der Waals surface area contributed by atoms with Crippen LogP contribution >= 0.6 is 0 Å². The lowest BCUT2D eigenvalue weighted by molar-refractivity contribution is 0.567. The van der Waals surface area contributed by atoms with E-state index in [0.717, 1.165) is 5.56 Å². The van der Waals surface area contributed by atoms with E-state index < -0.39 is 0 Å². The van der Waals surface area contributed by atoms with E-state index in [2.05, 4.69) is 15.5 Å². The number of aryl methyl sites for hydroxylation is 1. The van der Waals surface area contributed by atoms with E-state index in [-0.39, 0.29) is 0 Å². The summed E-state index contributed by atoms with van der Waals surface area (Å²) < 4.78 is 6.47. The van der Waals surface area contributed by atoms with Crippen LogP contribution in [0.3, 0.4) is 0 Å². The largest absolute Gasteiger partial charge is 0.472 e. The third-order valence-electron chi connectivity index (χ3n) is 1.40. The summed E-state index contributed by atoms with van der Waals surface area (Å²) in [6.07, 6.45) is 3.19. The third-order valence-corrected chi connectivity index (χ3v) is 1.40. The van der Waals surface area contributed by atoms with Gasteiger partial charge in [-0.3, -0.25) is 0 Å². The highest BCUT2D eigenvalue weighted by Gasteiger charge is 2.05. The number of hydrogen-bond donors (Lipinski definition) is 0. The lowest BCUT2D eigenvalue weighted by atomic mass is 10.3. The smallest absolute Gasteiger partial charge is 0.184 e. The van der Waals surface area contributed by atoms with E-state index in [4.69, 9.17) is 4.42 Å². The fourth-order valence-corrected chi connectivity index (χ4v) is 0.866. The van der Waals surface area contributed by atoms with Gasteiger partial charge in [0, 0.05) is 7.05 Å². The predicted molar refractivity (Wildman–Crippen MR) is 36.5 cm³/mol. The zero-order valence-corrected chi connectivity index (χ0v) is 5.93. The summed E-state index contributed by atoms with van der Waals surface area (Å²) in [6.45, 7) is 0. The van der Waals surface area contributed by atoms with Crippen molar-refractivity contribution in [2.45, 2.75) is 0 Å². The van der Waals surface area contributed by atoms with Crippen molar-refractivity contribution in [1.29, 1.82) is 0 Å². The van der Waals surface area contributed by atoms with Gasteiger partial charge in [0.25, 0.3) is 0 Å². The molecule has 11 heavy (non-hydrogen) atoms. The predicted octanol–water partition coefficient (Wildman–Crippen LogP) is 0.470. The van der Waals surface area contributed by atoms with E-state index in [1.165, 1.54) is 0 Å². The minimum atomic E-state index is 0.707. The van der Waals surface area contributed by atoms with Crippen LogP contribution in [-0.2, 0) is 7.05 Å². The SMILES string of the molecule is Cn1nnnc1-c1ccoc1. The van der Waals surface area contributed by atoms with Crippen LogP contribution in [0.4, 0.5) is 0 Å². The van der Waals surface area contributed by atoms with Gasteiger partial charge in [-0.25, -0.2) is 4.68 Å². The molecule has 0 unspecified atom stereocenters. The van der Waals surface area contributed by atoms with Crippen molar-refractivity contribution >= 4 is 0 Å². The van der Waals surface area contributed by atoms with Gasteiger partial charge in [0.1, 0.15) is 6.26 Å². The molecule has 0 radical (unpaired) electrons. The molecule has 0 bridgehead atoms. The molecule has 0 amide bonds. The molecule has 0 N–H and O–H groups in total. The van der Waals surface area contributed by atoms with Crippen molar-refractivity contribution < 1.29 is 4.42 Å². The molecular formula is C6H6N4O. The average molecular weight is 150 g/mol. The Morgan fingerprint density at radius 2 is 2.45 bits per heavy atom. The lowest BCUT2D eigenvalue weighted by Gasteiger charge is -1.90. The molecule has 0 atom stereocenters. The third kappa shape index (κ3) is 0.899. The number of tetrazole rings is 1. The Balaban J connectivity index is 2.53. The first-order valence-corrected chi connectivity index (χ1v) is 3.13. The highest BCUT2D eigenvalue weighted by Crippen LogP contribution is 2.13. The van der Waals surface area contributed by atoms with Gasteiger partial charge in [-0.15, -0.1) is 5.10 Å². The monoisotopic (exact) mass is 150 g/mol. The van der Waals surface area contributed by atoms with Crippen molar-refractivity contribution in [3.63, 3.8) is 0 Å². The summed E-state index contributed by atoms with van der Waals surface area (Å²) in [5, 5.41) is 11.0. The topological polar surface area (TPSA) is 56.7 Å². The second kappa shape index (κ2) is 2.19. The molecular weight excluding hydrogens is 144 g/mol. The molecule has 2 aromatic rings. The summed E-state index contributed by atoms with van der Waals surface area (Å²) in [7, 11) is 1.78. The molecule has 0 saturated heterocycles. The number of rotatable bonds is 1. The Labute approximate surface area is 62.6 Å². The maximum atomic E-state index is 4.88. The average Bonchev–Trinajstić information content (AvgIpc) is 2.55. The molecule has 0 aliphatic rings. The summed E-state index contributed by atoms with van der Waals surface area (Å²) in [4.78, 5) is 0. The normalized spacial score (nSPS) is 10.3. The highest BCUT2D eigenvalue weighted by molar-refractivity contribution is 5.51. The molecule has 5 nitrogen and oxygen atoms in total. The van der Waals surface area contributed by atoms with Crippen LogP contribution in [-0.4, -0.2) is 20.2 Å². The van der Waals surface area contributed by atoms with Crippen LogP contribution in [0, 0.1) is 0 Å². The van der Waals surface area contributed by atoms with Gasteiger partial charge in [-0.05, 0) is 16.5 Å². The summed E-state index contributed by atoms with van der Waals surface area (Å²) in [5.41, 5.74) is 0.887. The molecule has 0 aliphatic heterocycles. The molecule has 2 aromatic heterocycles. The van der Waals surface area contributed by atoms with Crippen LogP contribution in [0.2, 0.25) is 0 Å². The first-order valence-electron chi connectivity index (χ1n) is 3.13. The van der Waals surface area contributed by atoms with Gasteiger partial charge in [0.15, 0.2) is 5.82 Å². The van der Waals surface area contributed by atoms with Gasteiger partial charge >= 0.3 is 0 Å². The van der Waals surface area contributed by atoms with Gasteiger partial charge < -0.3 is 4.42 Å². The zero-order valence-electron chi connectivity index (χ0n) is 5.93. The molecule has 0 fully saturated rings. The fourth-order valence-electron chi connectivity index (χ4n) is 0.866. The summed E-state index contributed by atoms with van der Waals surface area (Å²) in [5.74, 6) is 0.707. The second-order valence-electron chi connectivity index (χ2n) is 2.14. The minimum Gasteiger partial charge on any atom is -0.472 e. The quantitative estimate of drug-likeness (QED) is 0.593. The fraction of sp³-hybridized carbons (Fsp3) is 0.167. The highest BCUT2D eigenvalue weighted by atomic mass is 16.3. The van der Waals surface area contributed by atoms with Gasteiger partial charge in [-0.1, -0.05) is 0 Å². The molecule has 0 saturated carbocycles. The summed E-state index contributed by atoms with van der Waals surface area (Å²) in [6, 6.07) is 1.81.